The van der Waals surface area contributed by atoms with Gasteiger partial charge in [0.05, 0.1) is 0 Å². The van der Waals surface area contributed by atoms with E-state index in [9.17, 15) is 9.59 Å². The zero-order valence-corrected chi connectivity index (χ0v) is 12.4. The van der Waals surface area contributed by atoms with Crippen molar-refractivity contribution in [2.45, 2.75) is 6.92 Å². The third-order valence-corrected chi connectivity index (χ3v) is 3.17. The lowest BCUT2D eigenvalue weighted by molar-refractivity contribution is -0.133. The molecule has 0 bridgehead atoms. The number of hydrogen-bond donors (Lipinski definition) is 2. The summed E-state index contributed by atoms with van der Waals surface area (Å²) in [6, 6.07) is 14.3. The molecular weight excluding hydrogens is 320 g/mol. The van der Waals surface area contributed by atoms with Crippen molar-refractivity contribution in [3.63, 3.8) is 0 Å². The lowest BCUT2D eigenvalue weighted by Gasteiger charge is -2.09. The normalized spacial score (nSPS) is 9.90. The molecule has 0 aliphatic carbocycles. The number of benzene rings is 2. The molecule has 0 fully saturated rings. The zero-order valence-electron chi connectivity index (χ0n) is 10.8. The molecule has 4 nitrogen and oxygen atoms in total. The summed E-state index contributed by atoms with van der Waals surface area (Å²) in [5.74, 6) is -1.39. The fourth-order valence-electron chi connectivity index (χ4n) is 1.66. The molecule has 2 amide bonds. The van der Waals surface area contributed by atoms with Gasteiger partial charge in [0.25, 0.3) is 0 Å². The van der Waals surface area contributed by atoms with Crippen LogP contribution in [0, 0.1) is 6.92 Å². The number of halogens is 1. The van der Waals surface area contributed by atoms with Crippen molar-refractivity contribution >= 4 is 39.1 Å². The Labute approximate surface area is 125 Å². The topological polar surface area (TPSA) is 58.2 Å². The van der Waals surface area contributed by atoms with E-state index >= 15 is 0 Å². The van der Waals surface area contributed by atoms with Gasteiger partial charge in [-0.25, -0.2) is 0 Å². The molecule has 2 aromatic rings. The predicted molar refractivity (Wildman–Crippen MR) is 82.6 cm³/mol. The third kappa shape index (κ3) is 3.68. The van der Waals surface area contributed by atoms with Gasteiger partial charge in [-0.1, -0.05) is 34.1 Å². The van der Waals surface area contributed by atoms with Crippen LogP contribution in [0.15, 0.2) is 53.0 Å². The van der Waals surface area contributed by atoms with E-state index in [2.05, 4.69) is 26.6 Å². The minimum Gasteiger partial charge on any atom is -0.318 e. The Morgan fingerprint density at radius 2 is 1.60 bits per heavy atom. The molecule has 2 aromatic carbocycles. The van der Waals surface area contributed by atoms with Crippen LogP contribution in [0.5, 0.6) is 0 Å². The fourth-order valence-corrected chi connectivity index (χ4v) is 2.13. The van der Waals surface area contributed by atoms with Gasteiger partial charge in [0.15, 0.2) is 0 Å². The highest BCUT2D eigenvalue weighted by atomic mass is 79.9. The van der Waals surface area contributed by atoms with Crippen LogP contribution in [0.2, 0.25) is 0 Å². The van der Waals surface area contributed by atoms with E-state index in [4.69, 9.17) is 0 Å². The molecule has 0 heterocycles. The van der Waals surface area contributed by atoms with Gasteiger partial charge in [-0.2, -0.15) is 0 Å². The van der Waals surface area contributed by atoms with Crippen molar-refractivity contribution in [1.82, 2.24) is 0 Å². The molecule has 0 unspecified atom stereocenters. The van der Waals surface area contributed by atoms with Gasteiger partial charge >= 0.3 is 11.8 Å². The van der Waals surface area contributed by atoms with E-state index in [1.54, 1.807) is 36.4 Å². The summed E-state index contributed by atoms with van der Waals surface area (Å²) in [5, 5.41) is 5.12. The van der Waals surface area contributed by atoms with E-state index in [0.29, 0.717) is 11.4 Å². The van der Waals surface area contributed by atoms with Crippen LogP contribution in [0.4, 0.5) is 11.4 Å². The second kappa shape index (κ2) is 6.34. The Kier molecular flexibility index (Phi) is 4.53. The van der Waals surface area contributed by atoms with E-state index in [1.807, 2.05) is 19.1 Å². The number of carbonyl (C=O) groups is 2. The molecule has 102 valence electrons. The predicted octanol–water partition coefficient (Wildman–Crippen LogP) is 3.33. The molecule has 20 heavy (non-hydrogen) atoms. The summed E-state index contributed by atoms with van der Waals surface area (Å²) in [5.41, 5.74) is 2.07. The van der Waals surface area contributed by atoms with Gasteiger partial charge in [-0.05, 0) is 42.8 Å². The quantitative estimate of drug-likeness (QED) is 0.828. The number of carbonyl (C=O) groups excluding carboxylic acids is 2. The van der Waals surface area contributed by atoms with Gasteiger partial charge in [-0.3, -0.25) is 9.59 Å². The highest BCUT2D eigenvalue weighted by Crippen LogP contribution is 2.20. The zero-order chi connectivity index (χ0) is 14.5. The SMILES string of the molecule is Cc1cc(Br)ccc1NC(=O)C(=O)Nc1ccccc1. The molecule has 0 spiro atoms. The van der Waals surface area contributed by atoms with Crippen molar-refractivity contribution in [2.24, 2.45) is 0 Å². The Morgan fingerprint density at radius 1 is 0.950 bits per heavy atom. The van der Waals surface area contributed by atoms with Crippen LogP contribution in [0.1, 0.15) is 5.56 Å². The summed E-state index contributed by atoms with van der Waals surface area (Å²) < 4.78 is 0.918. The molecule has 0 saturated heterocycles. The minimum atomic E-state index is -0.696. The van der Waals surface area contributed by atoms with E-state index in [-0.39, 0.29) is 0 Å². The summed E-state index contributed by atoms with van der Waals surface area (Å²) in [6.45, 7) is 1.86. The van der Waals surface area contributed by atoms with Crippen LogP contribution < -0.4 is 10.6 Å². The van der Waals surface area contributed by atoms with E-state index in [0.717, 1.165) is 10.0 Å². The monoisotopic (exact) mass is 332 g/mol. The van der Waals surface area contributed by atoms with Crippen LogP contribution in [0.3, 0.4) is 0 Å². The Balaban J connectivity index is 2.03. The van der Waals surface area contributed by atoms with Crippen molar-refractivity contribution in [1.29, 1.82) is 0 Å². The van der Waals surface area contributed by atoms with Crippen LogP contribution >= 0.6 is 15.9 Å². The molecule has 0 aliphatic rings. The smallest absolute Gasteiger partial charge is 0.314 e. The lowest BCUT2D eigenvalue weighted by atomic mass is 10.2. The van der Waals surface area contributed by atoms with Crippen LogP contribution in [-0.4, -0.2) is 11.8 Å². The largest absolute Gasteiger partial charge is 0.318 e. The number of para-hydroxylation sites is 1. The average molecular weight is 333 g/mol. The maximum absolute atomic E-state index is 11.8. The summed E-state index contributed by atoms with van der Waals surface area (Å²) >= 11 is 3.34. The Bertz CT molecular complexity index is 642. The standard InChI is InChI=1S/C15H13BrN2O2/c1-10-9-11(16)7-8-13(10)18-15(20)14(19)17-12-5-3-2-4-6-12/h2-9H,1H3,(H,17,19)(H,18,20). The highest BCUT2D eigenvalue weighted by Gasteiger charge is 2.14. The van der Waals surface area contributed by atoms with Crippen LogP contribution in [0.25, 0.3) is 0 Å². The van der Waals surface area contributed by atoms with Crippen molar-refractivity contribution in [3.8, 4) is 0 Å². The molecule has 5 heteroatoms. The maximum atomic E-state index is 11.8. The molecule has 2 N–H and O–H groups in total. The van der Waals surface area contributed by atoms with Crippen LogP contribution in [-0.2, 0) is 9.59 Å². The molecular formula is C15H13BrN2O2. The average Bonchev–Trinajstić information content (AvgIpc) is 2.43. The first-order valence-electron chi connectivity index (χ1n) is 6.00. The Hall–Kier alpha value is -2.14. The first-order valence-corrected chi connectivity index (χ1v) is 6.79. The van der Waals surface area contributed by atoms with Gasteiger partial charge < -0.3 is 10.6 Å². The number of anilines is 2. The van der Waals surface area contributed by atoms with Gasteiger partial charge in [-0.15, -0.1) is 0 Å². The molecule has 0 atom stereocenters. The summed E-state index contributed by atoms with van der Waals surface area (Å²) in [7, 11) is 0. The number of nitrogens with one attached hydrogen (secondary N) is 2. The highest BCUT2D eigenvalue weighted by molar-refractivity contribution is 9.10. The third-order valence-electron chi connectivity index (χ3n) is 2.67. The van der Waals surface area contributed by atoms with Crippen molar-refractivity contribution in [2.75, 3.05) is 10.6 Å². The first-order chi connectivity index (χ1) is 9.56. The van der Waals surface area contributed by atoms with Gasteiger partial charge in [0, 0.05) is 15.8 Å². The second-order valence-corrected chi connectivity index (χ2v) is 5.15. The van der Waals surface area contributed by atoms with Crippen molar-refractivity contribution < 1.29 is 9.59 Å². The lowest BCUT2D eigenvalue weighted by Crippen LogP contribution is -2.29. The number of amides is 2. The summed E-state index contributed by atoms with van der Waals surface area (Å²) in [4.78, 5) is 23.6. The fraction of sp³-hybridized carbons (Fsp3) is 0.0667. The first kappa shape index (κ1) is 14.3. The number of rotatable bonds is 2. The van der Waals surface area contributed by atoms with Gasteiger partial charge in [0.2, 0.25) is 0 Å². The molecule has 0 aliphatic heterocycles. The maximum Gasteiger partial charge on any atom is 0.314 e. The molecule has 0 radical (unpaired) electrons. The minimum absolute atomic E-state index is 0.583. The molecule has 0 aromatic heterocycles. The number of hydrogen-bond acceptors (Lipinski definition) is 2. The molecule has 0 saturated carbocycles. The molecule has 2 rings (SSSR count). The Morgan fingerprint density at radius 3 is 2.25 bits per heavy atom. The second-order valence-electron chi connectivity index (χ2n) is 4.23. The van der Waals surface area contributed by atoms with Gasteiger partial charge in [0.1, 0.15) is 0 Å². The number of aryl methyl sites for hydroxylation is 1. The summed E-state index contributed by atoms with van der Waals surface area (Å²) in [6.07, 6.45) is 0. The van der Waals surface area contributed by atoms with Crippen molar-refractivity contribution in [3.05, 3.63) is 58.6 Å². The van der Waals surface area contributed by atoms with E-state index in [1.165, 1.54) is 0 Å². The van der Waals surface area contributed by atoms with E-state index < -0.39 is 11.8 Å².